The summed E-state index contributed by atoms with van der Waals surface area (Å²) in [6, 6.07) is 13.0. The number of rotatable bonds is 8. The minimum atomic E-state index is -0.287. The van der Waals surface area contributed by atoms with Gasteiger partial charge < -0.3 is 29.3 Å². The van der Waals surface area contributed by atoms with Crippen molar-refractivity contribution in [3.8, 4) is 11.5 Å². The van der Waals surface area contributed by atoms with Crippen LogP contribution in [0.25, 0.3) is 6.08 Å². The molecule has 0 bridgehead atoms. The number of anilines is 2. The normalized spacial score (nSPS) is 13.7. The number of ether oxygens (including phenoxy) is 3. The van der Waals surface area contributed by atoms with Gasteiger partial charge in [-0.3, -0.25) is 9.59 Å². The van der Waals surface area contributed by atoms with Crippen LogP contribution in [0.3, 0.4) is 0 Å². The smallest absolute Gasteiger partial charge is 0.246 e. The molecule has 1 fully saturated rings. The van der Waals surface area contributed by atoms with E-state index in [1.807, 2.05) is 24.3 Å². The molecule has 0 unspecified atom stereocenters. The number of carbonyl (C=O) groups is 2. The second-order valence-electron chi connectivity index (χ2n) is 7.37. The molecule has 0 aromatic heterocycles. The molecule has 0 spiro atoms. The summed E-state index contributed by atoms with van der Waals surface area (Å²) in [6.45, 7) is 3.09. The highest BCUT2D eigenvalue weighted by atomic mass is 16.5. The van der Waals surface area contributed by atoms with Gasteiger partial charge >= 0.3 is 0 Å². The highest BCUT2D eigenvalue weighted by Gasteiger charge is 2.13. The van der Waals surface area contributed by atoms with E-state index in [0.29, 0.717) is 17.2 Å². The van der Waals surface area contributed by atoms with Crippen molar-refractivity contribution in [1.82, 2.24) is 4.90 Å². The molecule has 2 aromatic rings. The molecule has 1 aliphatic rings. The Kier molecular flexibility index (Phi) is 8.10. The van der Waals surface area contributed by atoms with Gasteiger partial charge in [0.2, 0.25) is 11.8 Å². The zero-order valence-electron chi connectivity index (χ0n) is 18.7. The second-order valence-corrected chi connectivity index (χ2v) is 7.37. The summed E-state index contributed by atoms with van der Waals surface area (Å²) in [5.74, 6) is 0.702. The van der Waals surface area contributed by atoms with Gasteiger partial charge in [0.1, 0.15) is 11.5 Å². The monoisotopic (exact) mass is 439 g/mol. The number of hydrogen-bond acceptors (Lipinski definition) is 6. The summed E-state index contributed by atoms with van der Waals surface area (Å²) >= 11 is 0. The summed E-state index contributed by atoms with van der Waals surface area (Å²) in [5, 5.41) is 2.83. The van der Waals surface area contributed by atoms with Crippen molar-refractivity contribution in [3.05, 3.63) is 54.1 Å². The van der Waals surface area contributed by atoms with Crippen LogP contribution < -0.4 is 19.7 Å². The quantitative estimate of drug-likeness (QED) is 0.637. The molecule has 170 valence electrons. The predicted octanol–water partition coefficient (Wildman–Crippen LogP) is 2.65. The molecule has 2 aromatic carbocycles. The molecule has 0 atom stereocenters. The van der Waals surface area contributed by atoms with Crippen LogP contribution in [-0.2, 0) is 14.3 Å². The standard InChI is InChI=1S/C24H29N3O5/c1-26(24(29)9-4-18-14-21(30-2)16-22(15-18)31-3)17-23(28)25-19-5-7-20(8-6-19)27-10-12-32-13-11-27/h4-9,14-16H,10-13,17H2,1-3H3,(H,25,28)/b9-4+. The van der Waals surface area contributed by atoms with Crippen LogP contribution in [-0.4, -0.2) is 70.8 Å². The number of nitrogens with zero attached hydrogens (tertiary/aromatic N) is 2. The van der Waals surface area contributed by atoms with Gasteiger partial charge in [0, 0.05) is 43.7 Å². The van der Waals surface area contributed by atoms with Crippen LogP contribution in [0.15, 0.2) is 48.5 Å². The third-order valence-corrected chi connectivity index (χ3v) is 5.08. The summed E-state index contributed by atoms with van der Waals surface area (Å²) in [5.41, 5.74) is 2.54. The Bertz CT molecular complexity index is 930. The summed E-state index contributed by atoms with van der Waals surface area (Å²) in [7, 11) is 4.71. The van der Waals surface area contributed by atoms with Gasteiger partial charge in [0.25, 0.3) is 0 Å². The van der Waals surface area contributed by atoms with E-state index < -0.39 is 0 Å². The first-order chi connectivity index (χ1) is 15.5. The minimum absolute atomic E-state index is 0.0597. The Morgan fingerprint density at radius 3 is 2.28 bits per heavy atom. The molecule has 0 saturated carbocycles. The molecule has 8 heteroatoms. The third-order valence-electron chi connectivity index (χ3n) is 5.08. The van der Waals surface area contributed by atoms with E-state index in [0.717, 1.165) is 37.6 Å². The van der Waals surface area contributed by atoms with Gasteiger partial charge in [0.15, 0.2) is 0 Å². The second kappa shape index (κ2) is 11.2. The molecular formula is C24H29N3O5. The number of morpholine rings is 1. The Morgan fingerprint density at radius 2 is 1.69 bits per heavy atom. The number of nitrogens with one attached hydrogen (secondary N) is 1. The van der Waals surface area contributed by atoms with E-state index in [4.69, 9.17) is 14.2 Å². The zero-order chi connectivity index (χ0) is 22.9. The van der Waals surface area contributed by atoms with E-state index in [9.17, 15) is 9.59 Å². The molecule has 1 saturated heterocycles. The average molecular weight is 440 g/mol. The number of likely N-dealkylation sites (N-methyl/N-ethyl adjacent to an activating group) is 1. The predicted molar refractivity (Wildman–Crippen MR) is 124 cm³/mol. The van der Waals surface area contributed by atoms with Crippen LogP contribution in [0.4, 0.5) is 11.4 Å². The molecule has 0 aliphatic carbocycles. The molecule has 0 radical (unpaired) electrons. The van der Waals surface area contributed by atoms with Crippen molar-refractivity contribution in [2.75, 3.05) is 64.3 Å². The lowest BCUT2D eigenvalue weighted by Crippen LogP contribution is -2.36. The molecule has 32 heavy (non-hydrogen) atoms. The van der Waals surface area contributed by atoms with Gasteiger partial charge in [-0.25, -0.2) is 0 Å². The molecule has 2 amide bonds. The first kappa shape index (κ1) is 23.1. The number of hydrogen-bond donors (Lipinski definition) is 1. The van der Waals surface area contributed by atoms with Crippen molar-refractivity contribution in [3.63, 3.8) is 0 Å². The topological polar surface area (TPSA) is 80.3 Å². The minimum Gasteiger partial charge on any atom is -0.497 e. The van der Waals surface area contributed by atoms with Crippen molar-refractivity contribution in [2.24, 2.45) is 0 Å². The SMILES string of the molecule is COc1cc(/C=C/C(=O)N(C)CC(=O)Nc2ccc(N3CCOCC3)cc2)cc(OC)c1. The van der Waals surface area contributed by atoms with Crippen LogP contribution in [0.2, 0.25) is 0 Å². The van der Waals surface area contributed by atoms with Gasteiger partial charge in [-0.1, -0.05) is 0 Å². The van der Waals surface area contributed by atoms with E-state index >= 15 is 0 Å². The fraction of sp³-hybridized carbons (Fsp3) is 0.333. The summed E-state index contributed by atoms with van der Waals surface area (Å²) in [6.07, 6.45) is 3.07. The summed E-state index contributed by atoms with van der Waals surface area (Å²) in [4.78, 5) is 28.4. The highest BCUT2D eigenvalue weighted by molar-refractivity contribution is 5.98. The number of amides is 2. The van der Waals surface area contributed by atoms with Crippen molar-refractivity contribution < 1.29 is 23.8 Å². The Labute approximate surface area is 188 Å². The zero-order valence-corrected chi connectivity index (χ0v) is 18.7. The average Bonchev–Trinajstić information content (AvgIpc) is 2.83. The number of benzene rings is 2. The maximum absolute atomic E-state index is 12.4. The Morgan fingerprint density at radius 1 is 1.06 bits per heavy atom. The lowest BCUT2D eigenvalue weighted by Gasteiger charge is -2.28. The van der Waals surface area contributed by atoms with Gasteiger partial charge in [-0.2, -0.15) is 0 Å². The van der Waals surface area contributed by atoms with Crippen LogP contribution in [0, 0.1) is 0 Å². The Balaban J connectivity index is 1.52. The lowest BCUT2D eigenvalue weighted by molar-refractivity contribution is -0.129. The summed E-state index contributed by atoms with van der Waals surface area (Å²) < 4.78 is 15.8. The maximum Gasteiger partial charge on any atom is 0.246 e. The number of methoxy groups -OCH3 is 2. The van der Waals surface area contributed by atoms with Crippen LogP contribution in [0.5, 0.6) is 11.5 Å². The first-order valence-corrected chi connectivity index (χ1v) is 10.4. The van der Waals surface area contributed by atoms with Gasteiger partial charge in [-0.15, -0.1) is 0 Å². The van der Waals surface area contributed by atoms with E-state index in [1.165, 1.54) is 11.0 Å². The van der Waals surface area contributed by atoms with Crippen LogP contribution >= 0.6 is 0 Å². The number of carbonyl (C=O) groups excluding carboxylic acids is 2. The molecule has 1 aliphatic heterocycles. The Hall–Kier alpha value is -3.52. The lowest BCUT2D eigenvalue weighted by atomic mass is 10.2. The van der Waals surface area contributed by atoms with Crippen molar-refractivity contribution in [1.29, 1.82) is 0 Å². The molecule has 1 N–H and O–H groups in total. The third kappa shape index (κ3) is 6.49. The van der Waals surface area contributed by atoms with E-state index in [2.05, 4.69) is 10.2 Å². The fourth-order valence-electron chi connectivity index (χ4n) is 3.29. The molecular weight excluding hydrogens is 410 g/mol. The van der Waals surface area contributed by atoms with Gasteiger partial charge in [-0.05, 0) is 48.0 Å². The molecule has 8 nitrogen and oxygen atoms in total. The van der Waals surface area contributed by atoms with E-state index in [1.54, 1.807) is 45.5 Å². The van der Waals surface area contributed by atoms with Gasteiger partial charge in [0.05, 0.1) is 34.0 Å². The largest absolute Gasteiger partial charge is 0.497 e. The molecule has 3 rings (SSSR count). The van der Waals surface area contributed by atoms with Crippen molar-refractivity contribution in [2.45, 2.75) is 0 Å². The van der Waals surface area contributed by atoms with Crippen LogP contribution in [0.1, 0.15) is 5.56 Å². The highest BCUT2D eigenvalue weighted by Crippen LogP contribution is 2.23. The van der Waals surface area contributed by atoms with Crippen molar-refractivity contribution >= 4 is 29.3 Å². The van der Waals surface area contributed by atoms with E-state index in [-0.39, 0.29) is 18.4 Å². The maximum atomic E-state index is 12.4. The fourth-order valence-corrected chi connectivity index (χ4v) is 3.29. The first-order valence-electron chi connectivity index (χ1n) is 10.4. The molecule has 1 heterocycles.